The fourth-order valence-electron chi connectivity index (χ4n) is 4.98. The average molecular weight is 1200 g/mol. The van der Waals surface area contributed by atoms with Crippen LogP contribution in [0.2, 0.25) is 0 Å². The van der Waals surface area contributed by atoms with E-state index in [0.717, 1.165) is 42.4 Å². The van der Waals surface area contributed by atoms with E-state index in [-0.39, 0.29) is 98.0 Å². The van der Waals surface area contributed by atoms with Crippen LogP contribution in [-0.4, -0.2) is 90.1 Å². The predicted octanol–water partition coefficient (Wildman–Crippen LogP) is 8.67. The van der Waals surface area contributed by atoms with Gasteiger partial charge in [0.25, 0.3) is 12.7 Å². The molecule has 3 heterocycles. The topological polar surface area (TPSA) is 251 Å². The van der Waals surface area contributed by atoms with Crippen molar-refractivity contribution < 1.29 is 147 Å². The summed E-state index contributed by atoms with van der Waals surface area (Å²) in [7, 11) is 0. The molecule has 0 aromatic carbocycles. The first-order valence-electron chi connectivity index (χ1n) is 22.5. The number of ether oxygens (including phenoxy) is 7. The Morgan fingerprint density at radius 3 is 1.21 bits per heavy atom. The molecule has 3 aliphatic carbocycles. The molecule has 404 valence electrons. The maximum Gasteiger partial charge on any atom is 0.347 e. The third-order valence-electron chi connectivity index (χ3n) is 10.6. The van der Waals surface area contributed by atoms with E-state index in [1.54, 1.807) is 55.8 Å². The first kappa shape index (κ1) is 77.6. The molecule has 1 N–H and O–H groups in total. The van der Waals surface area contributed by atoms with Crippen LogP contribution in [0.3, 0.4) is 0 Å². The number of hydrogen-bond acceptors (Lipinski definition) is 17. The van der Waals surface area contributed by atoms with Crippen LogP contribution in [0.15, 0.2) is 73.6 Å². The Morgan fingerprint density at radius 1 is 0.603 bits per heavy atom. The molecule has 6 rings (SSSR count). The quantitative estimate of drug-likeness (QED) is 0.0419. The molecule has 3 fully saturated rings. The Balaban J connectivity index is -0.000000252. The van der Waals surface area contributed by atoms with E-state index >= 15 is 0 Å². The van der Waals surface area contributed by atoms with Gasteiger partial charge in [-0.1, -0.05) is 105 Å². The third-order valence-corrected chi connectivity index (χ3v) is 10.7. The summed E-state index contributed by atoms with van der Waals surface area (Å²) in [6.45, 7) is 21.3. The normalized spacial score (nSPS) is 17.4. The second-order valence-electron chi connectivity index (χ2n) is 16.0. The van der Waals surface area contributed by atoms with E-state index in [4.69, 9.17) is 26.3 Å². The zero-order valence-electron chi connectivity index (χ0n) is 44.1. The Labute approximate surface area is 487 Å². The monoisotopic (exact) mass is 1200 g/mol. The van der Waals surface area contributed by atoms with Gasteiger partial charge in [0, 0.05) is 124 Å². The van der Waals surface area contributed by atoms with Gasteiger partial charge in [-0.3, -0.25) is 24.4 Å². The summed E-state index contributed by atoms with van der Waals surface area (Å²) < 4.78 is 32.6. The van der Waals surface area contributed by atoms with Crippen molar-refractivity contribution in [1.29, 1.82) is 0 Å². The minimum Gasteiger partial charge on any atom is -0.653 e. The number of pyridine rings is 3. The van der Waals surface area contributed by atoms with Gasteiger partial charge in [0.1, 0.15) is 5.56 Å². The van der Waals surface area contributed by atoms with Crippen molar-refractivity contribution in [2.24, 2.45) is 35.5 Å². The molecule has 2 radical (unpaired) electrons. The minimum atomic E-state index is -0.833. The number of nitrogens with zero attached hydrogens (tertiary/aromatic N) is 3. The van der Waals surface area contributed by atoms with Gasteiger partial charge in [-0.25, -0.2) is 14.4 Å². The van der Waals surface area contributed by atoms with Crippen LogP contribution in [0.25, 0.3) is 0 Å². The van der Waals surface area contributed by atoms with Crippen molar-refractivity contribution >= 4 is 60.4 Å². The third kappa shape index (κ3) is 43.8. The van der Waals surface area contributed by atoms with Crippen molar-refractivity contribution in [3.63, 3.8) is 0 Å². The van der Waals surface area contributed by atoms with Gasteiger partial charge in [0.2, 0.25) is 13.6 Å². The van der Waals surface area contributed by atoms with Crippen molar-refractivity contribution in [3.05, 3.63) is 97.7 Å². The van der Waals surface area contributed by atoms with Crippen molar-refractivity contribution in [3.8, 4) is 0 Å². The smallest absolute Gasteiger partial charge is 0.347 e. The molecule has 6 unspecified atom stereocenters. The van der Waals surface area contributed by atoms with Gasteiger partial charge in [-0.05, 0) is 72.8 Å². The molecule has 0 amide bonds. The Hall–Kier alpha value is -4.29. The van der Waals surface area contributed by atoms with Gasteiger partial charge in [-0.2, -0.15) is 4.57 Å². The van der Waals surface area contributed by atoms with E-state index in [1.165, 1.54) is 94.5 Å². The van der Waals surface area contributed by atoms with Gasteiger partial charge < -0.3 is 55.3 Å². The van der Waals surface area contributed by atoms with Crippen LogP contribution in [-0.2, 0) is 129 Å². The Bertz CT molecular complexity index is 1870. The van der Waals surface area contributed by atoms with Crippen LogP contribution in [0.1, 0.15) is 139 Å². The summed E-state index contributed by atoms with van der Waals surface area (Å²) in [6.07, 6.45) is 17.8. The van der Waals surface area contributed by atoms with E-state index in [0.29, 0.717) is 17.7 Å². The van der Waals surface area contributed by atoms with Crippen LogP contribution in [0.5, 0.6) is 0 Å². The molecule has 3 aromatic rings. The average Bonchev–Trinajstić information content (AvgIpc) is 3.35. The summed E-state index contributed by atoms with van der Waals surface area (Å²) >= 11 is 5.18. The second kappa shape index (κ2) is 49.9. The van der Waals surface area contributed by atoms with Crippen LogP contribution in [0, 0.1) is 42.9 Å². The molecule has 0 bridgehead atoms. The number of esters is 5. The molecule has 6 atom stereocenters. The summed E-state index contributed by atoms with van der Waals surface area (Å²) in [4.78, 5) is 89.8. The first-order valence-corrected chi connectivity index (χ1v) is 23.1. The molecule has 0 spiro atoms. The van der Waals surface area contributed by atoms with E-state index in [2.05, 4.69) is 84.7 Å². The van der Waals surface area contributed by atoms with Crippen LogP contribution < -0.4 is 4.57 Å². The SMILES string of the molecule is CC(=O)O.CC(=O)OCOC(=O)c1ccc[n+](CO[C-]=O)c1.CC(=O)OCOC(=O)c1cccnc1.CC1CCC1C.CC1CCC1C.CC1CCC1C.CCO[C-]=O.O=C(OCCl)c1cccnc1.[CH3-].[Y].[Y]. The van der Waals surface area contributed by atoms with E-state index in [1.807, 2.05) is 0 Å². The molecule has 0 saturated heterocycles. The Kier molecular flexibility index (Phi) is 53.0. The summed E-state index contributed by atoms with van der Waals surface area (Å²) in [5.41, 5.74) is 0.965. The summed E-state index contributed by atoms with van der Waals surface area (Å²) in [5.74, 6) is 2.65. The molecule has 0 aliphatic heterocycles. The number of rotatable bonds is 13. The molecular formula is C51H74ClN3O16Y2-2. The molecule has 73 heavy (non-hydrogen) atoms. The van der Waals surface area contributed by atoms with Gasteiger partial charge in [0.15, 0.2) is 18.5 Å². The first-order chi connectivity index (χ1) is 33.2. The summed E-state index contributed by atoms with van der Waals surface area (Å²) in [6, 6.07) is 9.40. The fraction of sp³-hybridized carbons (Fsp3) is 0.529. The van der Waals surface area contributed by atoms with Gasteiger partial charge in [0.05, 0.1) is 11.1 Å². The number of carboxylic acid groups (broad SMARTS) is 1. The molecular weight excluding hydrogens is 1120 g/mol. The van der Waals surface area contributed by atoms with Crippen molar-refractivity contribution in [2.45, 2.75) is 114 Å². The minimum absolute atomic E-state index is 0. The zero-order valence-corrected chi connectivity index (χ0v) is 50.5. The maximum absolute atomic E-state index is 11.5. The van der Waals surface area contributed by atoms with Gasteiger partial charge in [-0.15, -0.1) is 0 Å². The van der Waals surface area contributed by atoms with Crippen molar-refractivity contribution in [1.82, 2.24) is 9.97 Å². The molecule has 22 heteroatoms. The summed E-state index contributed by atoms with van der Waals surface area (Å²) in [5, 5.41) is 7.42. The largest absolute Gasteiger partial charge is 0.653 e. The van der Waals surface area contributed by atoms with Crippen LogP contribution in [0.4, 0.5) is 0 Å². The van der Waals surface area contributed by atoms with Crippen LogP contribution >= 0.6 is 11.6 Å². The number of carbonyl (C=O) groups is 6. The number of halogens is 1. The molecule has 3 aliphatic rings. The van der Waals surface area contributed by atoms with E-state index < -0.39 is 42.6 Å². The number of hydrogen-bond donors (Lipinski definition) is 1. The standard InChI is InChI=1S/C11H11NO6.C9H9NO4.C7H6ClNO2.3C6H12.C3H5O2.C2H4O2.CH3.2Y/c1-9(14)17-8-18-11(15)10-3-2-4-12(5-10)6-16-7-13;1-7(11)13-6-14-9(12)8-3-2-4-10-5-8;8-5-11-7(10)6-2-1-3-9-4-6;3*1-5-3-4-6(5)2;1-2-5-3-4;1-2(3)4;;;/h2-5H,6,8H2,1H3;2-5H,6H2,1H3;1-4H,5H2;3*5-6H,3-4H2,1-2H3;2H2,1H3;1H3,(H,3,4);1H3;;/q;;;;;;-1;;-1;;. The zero-order chi connectivity index (χ0) is 53.3. The Morgan fingerprint density at radius 2 is 0.945 bits per heavy atom. The number of carboxylic acids is 1. The molecule has 3 aromatic heterocycles. The van der Waals surface area contributed by atoms with Gasteiger partial charge >= 0.3 is 29.8 Å². The second-order valence-corrected chi connectivity index (χ2v) is 16.2. The van der Waals surface area contributed by atoms with E-state index in [9.17, 15) is 28.8 Å². The molecule has 3 saturated carbocycles. The number of aliphatic carboxylic acids is 1. The fourth-order valence-corrected chi connectivity index (χ4v) is 5.08. The maximum atomic E-state index is 11.5. The number of carbonyl (C=O) groups excluding carboxylic acids is 7. The predicted molar refractivity (Wildman–Crippen MR) is 262 cm³/mol. The number of aromatic nitrogens is 3. The van der Waals surface area contributed by atoms with Crippen molar-refractivity contribution in [2.75, 3.05) is 26.3 Å². The number of alkyl halides is 1. The molecule has 19 nitrogen and oxygen atoms in total.